The second kappa shape index (κ2) is 4.27. The van der Waals surface area contributed by atoms with Crippen molar-refractivity contribution in [3.8, 4) is 0 Å². The largest absolute Gasteiger partial charge is 0.498 e. The van der Waals surface area contributed by atoms with Crippen LogP contribution in [0.4, 0.5) is 0 Å². The van der Waals surface area contributed by atoms with Crippen molar-refractivity contribution in [1.82, 2.24) is 0 Å². The van der Waals surface area contributed by atoms with E-state index in [1.54, 1.807) is 0 Å². The van der Waals surface area contributed by atoms with Gasteiger partial charge in [0.15, 0.2) is 0 Å². The van der Waals surface area contributed by atoms with Crippen LogP contribution >= 0.6 is 11.8 Å². The molecule has 1 aliphatic heterocycles. The zero-order valence-electron chi connectivity index (χ0n) is 7.66. The first-order valence-electron chi connectivity index (χ1n) is 4.70. The Kier molecular flexibility index (Phi) is 3.04. The Morgan fingerprint density at radius 2 is 2.23 bits per heavy atom. The minimum absolute atomic E-state index is 0.786. The van der Waals surface area contributed by atoms with Gasteiger partial charge in [-0.15, -0.1) is 5.47 Å². The number of hydrogen-bond donors (Lipinski definition) is 0. The maximum atomic E-state index is 5.68. The molecule has 2 rings (SSSR count). The van der Waals surface area contributed by atoms with Gasteiger partial charge in [0.25, 0.3) is 0 Å². The Morgan fingerprint density at radius 1 is 1.38 bits per heavy atom. The van der Waals surface area contributed by atoms with Crippen molar-refractivity contribution in [2.45, 2.75) is 12.8 Å². The first-order valence-corrected chi connectivity index (χ1v) is 5.86. The highest BCUT2D eigenvalue weighted by Crippen LogP contribution is 2.26. The van der Waals surface area contributed by atoms with Gasteiger partial charge in [0.05, 0.1) is 12.4 Å². The van der Waals surface area contributed by atoms with Gasteiger partial charge < -0.3 is 4.74 Å². The van der Waals surface area contributed by atoms with Crippen LogP contribution in [0.2, 0.25) is 0 Å². The fourth-order valence-corrected chi connectivity index (χ4v) is 2.12. The molecule has 2 aliphatic rings. The minimum Gasteiger partial charge on any atom is -0.498 e. The van der Waals surface area contributed by atoms with Crippen LogP contribution in [-0.4, -0.2) is 26.0 Å². The van der Waals surface area contributed by atoms with Crippen LogP contribution in [0.5, 0.6) is 0 Å². The lowest BCUT2D eigenvalue weighted by Crippen LogP contribution is -2.23. The molecule has 0 amide bonds. The molecule has 0 unspecified atom stereocenters. The highest BCUT2D eigenvalue weighted by molar-refractivity contribution is 8.00. The molecule has 2 radical (unpaired) electrons. The zero-order valence-corrected chi connectivity index (χ0v) is 8.48. The number of hydrogen-bond acceptors (Lipinski definition) is 2. The quantitative estimate of drug-likeness (QED) is 0.633. The van der Waals surface area contributed by atoms with Crippen molar-refractivity contribution < 1.29 is 4.74 Å². The van der Waals surface area contributed by atoms with E-state index in [0.717, 1.165) is 36.6 Å². The maximum Gasteiger partial charge on any atom is 0.107 e. The lowest BCUT2D eigenvalue weighted by molar-refractivity contribution is 0.170. The standard InChI is InChI=1S/C10H13BOS/c11-9-1-3-10(4-2-9)12-5-8-6-13-7-8/h1,3,8H,2,4-7H2. The van der Waals surface area contributed by atoms with E-state index in [9.17, 15) is 0 Å². The second-order valence-corrected chi connectivity index (χ2v) is 4.66. The van der Waals surface area contributed by atoms with Crippen molar-refractivity contribution in [2.75, 3.05) is 18.1 Å². The highest BCUT2D eigenvalue weighted by atomic mass is 32.2. The maximum absolute atomic E-state index is 5.68. The number of thioether (sulfide) groups is 1. The molecule has 1 heterocycles. The van der Waals surface area contributed by atoms with Gasteiger partial charge in [-0.3, -0.25) is 0 Å². The van der Waals surface area contributed by atoms with E-state index < -0.39 is 0 Å². The summed E-state index contributed by atoms with van der Waals surface area (Å²) in [5.41, 5.74) is 0.964. The molecule has 1 nitrogen and oxygen atoms in total. The van der Waals surface area contributed by atoms with E-state index in [1.807, 2.05) is 23.9 Å². The Morgan fingerprint density at radius 3 is 2.77 bits per heavy atom. The fraction of sp³-hybridized carbons (Fsp3) is 0.600. The van der Waals surface area contributed by atoms with Crippen molar-refractivity contribution in [1.29, 1.82) is 0 Å². The number of rotatable bonds is 3. The first kappa shape index (κ1) is 9.26. The van der Waals surface area contributed by atoms with E-state index >= 15 is 0 Å². The van der Waals surface area contributed by atoms with E-state index in [0.29, 0.717) is 0 Å². The summed E-state index contributed by atoms with van der Waals surface area (Å²) in [6.07, 6.45) is 5.88. The third-order valence-corrected chi connectivity index (χ3v) is 3.77. The van der Waals surface area contributed by atoms with Gasteiger partial charge >= 0.3 is 0 Å². The Bertz CT molecular complexity index is 243. The van der Waals surface area contributed by atoms with Crippen molar-refractivity contribution in [3.05, 3.63) is 23.4 Å². The molecule has 0 aromatic heterocycles. The topological polar surface area (TPSA) is 9.23 Å². The van der Waals surface area contributed by atoms with Gasteiger partial charge in [-0.25, -0.2) is 0 Å². The smallest absolute Gasteiger partial charge is 0.107 e. The summed E-state index contributed by atoms with van der Waals surface area (Å²) in [5.74, 6) is 4.43. The molecule has 1 aliphatic carbocycles. The Labute approximate surface area is 85.0 Å². The monoisotopic (exact) mass is 192 g/mol. The second-order valence-electron chi connectivity index (χ2n) is 3.59. The summed E-state index contributed by atoms with van der Waals surface area (Å²) in [4.78, 5) is 0. The van der Waals surface area contributed by atoms with Crippen molar-refractivity contribution in [2.24, 2.45) is 5.92 Å². The van der Waals surface area contributed by atoms with Crippen LogP contribution in [0.1, 0.15) is 12.8 Å². The lowest BCUT2D eigenvalue weighted by atomic mass is 9.88. The third kappa shape index (κ3) is 2.57. The molecule has 0 saturated carbocycles. The molecule has 0 bridgehead atoms. The molecule has 0 N–H and O–H groups in total. The van der Waals surface area contributed by atoms with Crippen LogP contribution in [-0.2, 0) is 4.74 Å². The van der Waals surface area contributed by atoms with E-state index in [2.05, 4.69) is 0 Å². The molecule has 3 heteroatoms. The van der Waals surface area contributed by atoms with E-state index in [1.165, 1.54) is 11.5 Å². The van der Waals surface area contributed by atoms with Crippen molar-refractivity contribution in [3.63, 3.8) is 0 Å². The molecule has 0 atom stereocenters. The van der Waals surface area contributed by atoms with Gasteiger partial charge in [-0.05, 0) is 12.5 Å². The lowest BCUT2D eigenvalue weighted by Gasteiger charge is -2.25. The number of allylic oxidation sites excluding steroid dienone is 4. The summed E-state index contributed by atoms with van der Waals surface area (Å²) >= 11 is 2.00. The molecule has 1 fully saturated rings. The summed E-state index contributed by atoms with van der Waals surface area (Å²) in [6.45, 7) is 0.895. The van der Waals surface area contributed by atoms with Crippen LogP contribution in [0.15, 0.2) is 23.4 Å². The molecular formula is C10H13BOS. The molecular weight excluding hydrogens is 179 g/mol. The van der Waals surface area contributed by atoms with Crippen molar-refractivity contribution >= 4 is 19.6 Å². The summed E-state index contributed by atoms with van der Waals surface area (Å²) < 4.78 is 5.68. The van der Waals surface area contributed by atoms with Crippen LogP contribution in [0.3, 0.4) is 0 Å². The molecule has 13 heavy (non-hydrogen) atoms. The summed E-state index contributed by atoms with van der Waals surface area (Å²) in [6, 6.07) is 0. The molecule has 1 saturated heterocycles. The fourth-order valence-electron chi connectivity index (χ4n) is 1.36. The average molecular weight is 192 g/mol. The van der Waals surface area contributed by atoms with Gasteiger partial charge in [0, 0.05) is 23.8 Å². The van der Waals surface area contributed by atoms with E-state index in [-0.39, 0.29) is 0 Å². The van der Waals surface area contributed by atoms with Gasteiger partial charge in [-0.2, -0.15) is 11.8 Å². The molecule has 0 aromatic carbocycles. The van der Waals surface area contributed by atoms with Gasteiger partial charge in [0.2, 0.25) is 0 Å². The van der Waals surface area contributed by atoms with Gasteiger partial charge in [0.1, 0.15) is 7.85 Å². The summed E-state index contributed by atoms with van der Waals surface area (Å²) in [7, 11) is 5.65. The molecule has 0 spiro atoms. The predicted molar refractivity (Wildman–Crippen MR) is 57.9 cm³/mol. The third-order valence-electron chi connectivity index (χ3n) is 2.35. The SMILES string of the molecule is [B]C1=CC=C(OCC2CSC2)CC1. The zero-order chi connectivity index (χ0) is 9.10. The number of ether oxygens (including phenoxy) is 1. The minimum atomic E-state index is 0.786. The molecule has 0 aromatic rings. The predicted octanol–water partition coefficient (Wildman–Crippen LogP) is 2.10. The normalized spacial score (nSPS) is 23.1. The van der Waals surface area contributed by atoms with Gasteiger partial charge in [-0.1, -0.05) is 6.08 Å². The summed E-state index contributed by atoms with van der Waals surface area (Å²) in [5, 5.41) is 0. The average Bonchev–Trinajstić information content (AvgIpc) is 2.05. The van der Waals surface area contributed by atoms with Crippen LogP contribution in [0, 0.1) is 5.92 Å². The van der Waals surface area contributed by atoms with E-state index in [4.69, 9.17) is 12.6 Å². The van der Waals surface area contributed by atoms with Crippen LogP contribution in [0.25, 0.3) is 0 Å². The van der Waals surface area contributed by atoms with Crippen LogP contribution < -0.4 is 0 Å². The Balaban J connectivity index is 1.75. The first-order chi connectivity index (χ1) is 6.34. The Hall–Kier alpha value is -0.305. The molecule has 68 valence electrons. The highest BCUT2D eigenvalue weighted by Gasteiger charge is 2.19.